The van der Waals surface area contributed by atoms with Gasteiger partial charge in [0.25, 0.3) is 0 Å². The lowest BCUT2D eigenvalue weighted by Gasteiger charge is -2.12. The summed E-state index contributed by atoms with van der Waals surface area (Å²) in [5.74, 6) is -0.576. The number of hydrogen-bond donors (Lipinski definition) is 1. The van der Waals surface area contributed by atoms with Crippen molar-refractivity contribution in [1.29, 1.82) is 0 Å². The highest BCUT2D eigenvalue weighted by molar-refractivity contribution is 6.05. The minimum Gasteiger partial charge on any atom is -0.496 e. The third kappa shape index (κ3) is 3.31. The van der Waals surface area contributed by atoms with E-state index in [2.05, 4.69) is 0 Å². The van der Waals surface area contributed by atoms with E-state index in [9.17, 15) is 9.59 Å². The molecule has 0 bridgehead atoms. The Labute approximate surface area is 100 Å². The monoisotopic (exact) mass is 236 g/mol. The van der Waals surface area contributed by atoms with Crippen LogP contribution in [-0.2, 0) is 4.79 Å². The molecule has 0 atom stereocenters. The first-order chi connectivity index (χ1) is 7.95. The predicted molar refractivity (Wildman–Crippen MR) is 63.7 cm³/mol. The Kier molecular flexibility index (Phi) is 4.26. The van der Waals surface area contributed by atoms with Crippen molar-refractivity contribution in [2.75, 3.05) is 7.11 Å². The van der Waals surface area contributed by atoms with Crippen molar-refractivity contribution in [3.63, 3.8) is 0 Å². The maximum atomic E-state index is 11.6. The summed E-state index contributed by atoms with van der Waals surface area (Å²) >= 11 is 0. The number of carboxylic acid groups (broad SMARTS) is 1. The van der Waals surface area contributed by atoms with Gasteiger partial charge < -0.3 is 9.84 Å². The Hall–Kier alpha value is -1.84. The van der Waals surface area contributed by atoms with E-state index in [-0.39, 0.29) is 11.7 Å². The van der Waals surface area contributed by atoms with Crippen LogP contribution in [0.4, 0.5) is 0 Å². The van der Waals surface area contributed by atoms with E-state index in [1.54, 1.807) is 25.3 Å². The van der Waals surface area contributed by atoms with Gasteiger partial charge in [0.1, 0.15) is 12.2 Å². The number of Topliss-reactive ketones (excluding diaryl/α,β-unsaturated/α-hetero) is 1. The topological polar surface area (TPSA) is 63.6 Å². The third-order valence-corrected chi connectivity index (χ3v) is 2.49. The second-order valence-corrected chi connectivity index (χ2v) is 4.11. The van der Waals surface area contributed by atoms with Crippen molar-refractivity contribution >= 4 is 11.8 Å². The number of rotatable bonds is 5. The lowest BCUT2D eigenvalue weighted by molar-refractivity contribution is -0.135. The van der Waals surface area contributed by atoms with Crippen molar-refractivity contribution in [3.05, 3.63) is 29.3 Å². The molecule has 17 heavy (non-hydrogen) atoms. The van der Waals surface area contributed by atoms with Gasteiger partial charge in [0, 0.05) is 5.56 Å². The molecular weight excluding hydrogens is 220 g/mol. The number of ketones is 1. The van der Waals surface area contributed by atoms with Crippen molar-refractivity contribution in [1.82, 2.24) is 0 Å². The van der Waals surface area contributed by atoms with Gasteiger partial charge in [0.05, 0.1) is 7.11 Å². The Morgan fingerprint density at radius 1 is 1.35 bits per heavy atom. The standard InChI is InChI=1S/C13H16O4/c1-8(2)10-6-9(4-5-12(10)17-3)11(14)7-13(15)16/h4-6,8H,7H2,1-3H3,(H,15,16). The quantitative estimate of drug-likeness (QED) is 0.630. The molecule has 0 aliphatic carbocycles. The van der Waals surface area contributed by atoms with E-state index in [1.165, 1.54) is 0 Å². The molecule has 0 unspecified atom stereocenters. The third-order valence-electron chi connectivity index (χ3n) is 2.49. The van der Waals surface area contributed by atoms with Gasteiger partial charge in [0.15, 0.2) is 5.78 Å². The number of carbonyl (C=O) groups is 2. The fraction of sp³-hybridized carbons (Fsp3) is 0.385. The zero-order valence-corrected chi connectivity index (χ0v) is 10.2. The van der Waals surface area contributed by atoms with Crippen molar-refractivity contribution < 1.29 is 19.4 Å². The van der Waals surface area contributed by atoms with Gasteiger partial charge in [-0.1, -0.05) is 13.8 Å². The molecule has 0 aliphatic rings. The maximum Gasteiger partial charge on any atom is 0.311 e. The van der Waals surface area contributed by atoms with E-state index < -0.39 is 12.4 Å². The number of benzene rings is 1. The number of methoxy groups -OCH3 is 1. The summed E-state index contributed by atoms with van der Waals surface area (Å²) in [6, 6.07) is 5.00. The van der Waals surface area contributed by atoms with Gasteiger partial charge in [-0.25, -0.2) is 0 Å². The van der Waals surface area contributed by atoms with Crippen LogP contribution in [0.5, 0.6) is 5.75 Å². The first-order valence-corrected chi connectivity index (χ1v) is 5.38. The van der Waals surface area contributed by atoms with E-state index >= 15 is 0 Å². The number of carboxylic acids is 1. The molecule has 0 amide bonds. The van der Waals surface area contributed by atoms with E-state index in [0.29, 0.717) is 11.3 Å². The molecule has 0 heterocycles. The average molecular weight is 236 g/mol. The highest BCUT2D eigenvalue weighted by Gasteiger charge is 2.14. The van der Waals surface area contributed by atoms with Crippen LogP contribution in [0.1, 0.15) is 42.1 Å². The van der Waals surface area contributed by atoms with Crippen molar-refractivity contribution in [3.8, 4) is 5.75 Å². The van der Waals surface area contributed by atoms with Gasteiger partial charge >= 0.3 is 5.97 Å². The van der Waals surface area contributed by atoms with E-state index in [0.717, 1.165) is 5.56 Å². The molecule has 0 saturated carbocycles. The molecule has 4 heteroatoms. The van der Waals surface area contributed by atoms with E-state index in [4.69, 9.17) is 9.84 Å². The van der Waals surface area contributed by atoms with Gasteiger partial charge in [-0.3, -0.25) is 9.59 Å². The lowest BCUT2D eigenvalue weighted by Crippen LogP contribution is -2.08. The number of aliphatic carboxylic acids is 1. The van der Waals surface area contributed by atoms with Gasteiger partial charge in [0.2, 0.25) is 0 Å². The zero-order valence-electron chi connectivity index (χ0n) is 10.2. The molecule has 1 N–H and O–H groups in total. The molecule has 1 aromatic carbocycles. The predicted octanol–water partition coefficient (Wildman–Crippen LogP) is 2.48. The van der Waals surface area contributed by atoms with Crippen LogP contribution >= 0.6 is 0 Å². The Balaban J connectivity index is 3.07. The van der Waals surface area contributed by atoms with Crippen LogP contribution in [0.15, 0.2) is 18.2 Å². The SMILES string of the molecule is COc1ccc(C(=O)CC(=O)O)cc1C(C)C. The second-order valence-electron chi connectivity index (χ2n) is 4.11. The average Bonchev–Trinajstić information content (AvgIpc) is 2.27. The molecule has 0 saturated heterocycles. The van der Waals surface area contributed by atoms with Gasteiger partial charge in [-0.15, -0.1) is 0 Å². The summed E-state index contributed by atoms with van der Waals surface area (Å²) < 4.78 is 5.19. The van der Waals surface area contributed by atoms with Crippen LogP contribution in [0.25, 0.3) is 0 Å². The number of carbonyl (C=O) groups excluding carboxylic acids is 1. The molecule has 92 valence electrons. The molecule has 0 spiro atoms. The molecule has 1 aromatic rings. The molecule has 1 rings (SSSR count). The minimum absolute atomic E-state index is 0.211. The van der Waals surface area contributed by atoms with Crippen molar-refractivity contribution in [2.24, 2.45) is 0 Å². The zero-order chi connectivity index (χ0) is 13.0. The fourth-order valence-electron chi connectivity index (χ4n) is 1.60. The molecule has 0 aliphatic heterocycles. The maximum absolute atomic E-state index is 11.6. The minimum atomic E-state index is -1.11. The highest BCUT2D eigenvalue weighted by Crippen LogP contribution is 2.27. The Bertz CT molecular complexity index is 435. The summed E-state index contributed by atoms with van der Waals surface area (Å²) in [5.41, 5.74) is 1.32. The first kappa shape index (κ1) is 13.2. The molecule has 0 radical (unpaired) electrons. The van der Waals surface area contributed by atoms with Crippen LogP contribution in [0.2, 0.25) is 0 Å². The van der Waals surface area contributed by atoms with Crippen LogP contribution < -0.4 is 4.74 Å². The number of hydrogen-bond acceptors (Lipinski definition) is 3. The molecule has 0 aromatic heterocycles. The summed E-state index contributed by atoms with van der Waals surface area (Å²) in [4.78, 5) is 22.1. The second kappa shape index (κ2) is 5.48. The van der Waals surface area contributed by atoms with Crippen molar-refractivity contribution in [2.45, 2.75) is 26.2 Å². The normalized spacial score (nSPS) is 10.4. The van der Waals surface area contributed by atoms with Crippen LogP contribution in [0, 0.1) is 0 Å². The van der Waals surface area contributed by atoms with Crippen LogP contribution in [-0.4, -0.2) is 24.0 Å². The molecular formula is C13H16O4. The summed E-state index contributed by atoms with van der Waals surface area (Å²) in [5, 5.41) is 8.58. The largest absolute Gasteiger partial charge is 0.496 e. The summed E-state index contributed by atoms with van der Waals surface area (Å²) in [7, 11) is 1.57. The summed E-state index contributed by atoms with van der Waals surface area (Å²) in [6.45, 7) is 3.98. The highest BCUT2D eigenvalue weighted by atomic mass is 16.5. The number of ether oxygens (including phenoxy) is 1. The van der Waals surface area contributed by atoms with Gasteiger partial charge in [-0.05, 0) is 29.7 Å². The van der Waals surface area contributed by atoms with Crippen LogP contribution in [0.3, 0.4) is 0 Å². The Morgan fingerprint density at radius 2 is 2.00 bits per heavy atom. The smallest absolute Gasteiger partial charge is 0.311 e. The fourth-order valence-corrected chi connectivity index (χ4v) is 1.60. The lowest BCUT2D eigenvalue weighted by atomic mass is 9.97. The molecule has 0 fully saturated rings. The molecule has 4 nitrogen and oxygen atoms in total. The first-order valence-electron chi connectivity index (χ1n) is 5.38. The van der Waals surface area contributed by atoms with Gasteiger partial charge in [-0.2, -0.15) is 0 Å². The summed E-state index contributed by atoms with van der Waals surface area (Å²) in [6.07, 6.45) is -0.482. The van der Waals surface area contributed by atoms with E-state index in [1.807, 2.05) is 13.8 Å². The Morgan fingerprint density at radius 3 is 2.47 bits per heavy atom.